The Morgan fingerprint density at radius 2 is 0.415 bits per heavy atom. The molecular formula is C45H92O8. The van der Waals surface area contributed by atoms with Crippen LogP contribution in [0.3, 0.4) is 0 Å². The van der Waals surface area contributed by atoms with Crippen molar-refractivity contribution in [2.75, 3.05) is 52.9 Å². The Morgan fingerprint density at radius 3 is 0.566 bits per heavy atom. The molecule has 320 valence electrons. The van der Waals surface area contributed by atoms with Crippen LogP contribution in [0, 0.1) is 5.41 Å². The van der Waals surface area contributed by atoms with Crippen molar-refractivity contribution in [3.63, 3.8) is 0 Å². The minimum atomic E-state index is -0.608. The highest BCUT2D eigenvalue weighted by Gasteiger charge is 2.40. The van der Waals surface area contributed by atoms with Gasteiger partial charge in [0.2, 0.25) is 0 Å². The smallest absolute Gasteiger partial charge is 0.0648 e. The van der Waals surface area contributed by atoms with Crippen LogP contribution < -0.4 is 0 Å². The maximum Gasteiger partial charge on any atom is 0.0648 e. The average Bonchev–Trinajstić information content (AvgIpc) is 3.03. The van der Waals surface area contributed by atoms with Crippen LogP contribution in [-0.2, 0) is 37.9 Å². The van der Waals surface area contributed by atoms with Gasteiger partial charge in [-0.05, 0) is 162 Å². The fraction of sp³-hybridized carbons (Fsp3) is 1.00. The molecule has 0 aromatic rings. The van der Waals surface area contributed by atoms with Gasteiger partial charge in [-0.25, -0.2) is 0 Å². The molecule has 0 radical (unpaired) electrons. The van der Waals surface area contributed by atoms with Crippen molar-refractivity contribution in [2.45, 2.75) is 235 Å². The van der Waals surface area contributed by atoms with Crippen molar-refractivity contribution in [1.82, 2.24) is 0 Å². The van der Waals surface area contributed by atoms with Gasteiger partial charge in [-0.1, -0.05) is 27.7 Å². The minimum Gasteiger partial charge on any atom is -0.375 e. The third kappa shape index (κ3) is 24.8. The van der Waals surface area contributed by atoms with E-state index in [1.807, 2.05) is 0 Å². The molecule has 0 aliphatic rings. The van der Waals surface area contributed by atoms with Crippen LogP contribution in [0.25, 0.3) is 0 Å². The summed E-state index contributed by atoms with van der Waals surface area (Å²) in [5, 5.41) is 0. The van der Waals surface area contributed by atoms with Gasteiger partial charge < -0.3 is 37.9 Å². The van der Waals surface area contributed by atoms with E-state index in [0.717, 1.165) is 51.4 Å². The van der Waals surface area contributed by atoms with E-state index < -0.39 is 27.8 Å². The van der Waals surface area contributed by atoms with Crippen LogP contribution in [0.5, 0.6) is 0 Å². The zero-order valence-electron chi connectivity index (χ0n) is 39.1. The summed E-state index contributed by atoms with van der Waals surface area (Å²) < 4.78 is 52.4. The lowest BCUT2D eigenvalue weighted by molar-refractivity contribution is -0.197. The first kappa shape index (κ1) is 52.7. The molecule has 0 rings (SSSR count). The highest BCUT2D eigenvalue weighted by atomic mass is 16.6. The number of ether oxygens (including phenoxy) is 8. The van der Waals surface area contributed by atoms with Crippen molar-refractivity contribution in [2.24, 2.45) is 5.41 Å². The van der Waals surface area contributed by atoms with Crippen LogP contribution >= 0.6 is 0 Å². The molecular weight excluding hydrogens is 668 g/mol. The third-order valence-corrected chi connectivity index (χ3v) is 11.3. The second kappa shape index (κ2) is 22.0. The zero-order valence-corrected chi connectivity index (χ0v) is 39.1. The summed E-state index contributed by atoms with van der Waals surface area (Å²) in [4.78, 5) is 0. The molecule has 0 bridgehead atoms. The molecule has 0 spiro atoms. The predicted molar refractivity (Wildman–Crippen MR) is 222 cm³/mol. The van der Waals surface area contributed by atoms with Crippen molar-refractivity contribution in [1.29, 1.82) is 0 Å². The maximum absolute atomic E-state index is 6.87. The summed E-state index contributed by atoms with van der Waals surface area (Å²) >= 11 is 0. The van der Waals surface area contributed by atoms with Crippen molar-refractivity contribution >= 4 is 0 Å². The van der Waals surface area contributed by atoms with Crippen LogP contribution in [0.1, 0.15) is 190 Å². The lowest BCUT2D eigenvalue weighted by Gasteiger charge is -2.42. The highest BCUT2D eigenvalue weighted by molar-refractivity contribution is 4.87. The summed E-state index contributed by atoms with van der Waals surface area (Å²) in [6.45, 7) is 47.0. The fourth-order valence-electron chi connectivity index (χ4n) is 4.63. The Morgan fingerprint density at radius 1 is 0.245 bits per heavy atom. The maximum atomic E-state index is 6.87. The van der Waals surface area contributed by atoms with E-state index in [9.17, 15) is 0 Å². The van der Waals surface area contributed by atoms with Crippen LogP contribution in [0.15, 0.2) is 0 Å². The van der Waals surface area contributed by atoms with Crippen LogP contribution in [0.4, 0.5) is 0 Å². The van der Waals surface area contributed by atoms with E-state index in [1.54, 1.807) is 0 Å². The zero-order chi connectivity index (χ0) is 41.5. The number of rotatable bonds is 32. The molecule has 0 aliphatic carbocycles. The Bertz CT molecular complexity index is 821. The lowest BCUT2D eigenvalue weighted by atomic mass is 9.89. The van der Waals surface area contributed by atoms with Gasteiger partial charge >= 0.3 is 0 Å². The molecule has 0 fully saturated rings. The topological polar surface area (TPSA) is 73.8 Å². The van der Waals surface area contributed by atoms with E-state index in [-0.39, 0.29) is 22.4 Å². The predicted octanol–water partition coefficient (Wildman–Crippen LogP) is 11.5. The molecule has 8 heteroatoms. The molecule has 0 saturated carbocycles. The van der Waals surface area contributed by atoms with Crippen molar-refractivity contribution < 1.29 is 37.9 Å². The van der Waals surface area contributed by atoms with E-state index >= 15 is 0 Å². The monoisotopic (exact) mass is 761 g/mol. The Balaban J connectivity index is 6.45. The molecule has 53 heavy (non-hydrogen) atoms. The van der Waals surface area contributed by atoms with Gasteiger partial charge in [0.1, 0.15) is 0 Å². The van der Waals surface area contributed by atoms with Gasteiger partial charge in [-0.2, -0.15) is 0 Å². The van der Waals surface area contributed by atoms with Gasteiger partial charge in [0, 0.05) is 0 Å². The van der Waals surface area contributed by atoms with E-state index in [4.69, 9.17) is 37.9 Å². The quantitative estimate of drug-likeness (QED) is 0.0671. The molecule has 0 aromatic carbocycles. The van der Waals surface area contributed by atoms with E-state index in [1.165, 1.54) is 0 Å². The molecule has 0 aliphatic heterocycles. The summed E-state index contributed by atoms with van der Waals surface area (Å²) in [6.07, 6.45) is 6.85. The van der Waals surface area contributed by atoms with Gasteiger partial charge in [-0.15, -0.1) is 0 Å². The Hall–Kier alpha value is -0.320. The average molecular weight is 761 g/mol. The molecule has 0 N–H and O–H groups in total. The highest BCUT2D eigenvalue weighted by Crippen LogP contribution is 2.33. The van der Waals surface area contributed by atoms with Gasteiger partial charge in [0.15, 0.2) is 0 Å². The van der Waals surface area contributed by atoms with Gasteiger partial charge in [0.25, 0.3) is 0 Å². The lowest BCUT2D eigenvalue weighted by Crippen LogP contribution is -2.49. The summed E-state index contributed by atoms with van der Waals surface area (Å²) in [5.74, 6) is 0. The SMILES string of the molecule is CCC(C)(C)OCCC(C)(C)OCC(COC(C)(C)CCOC(C)(C)CC)(COC(C)(C)CCOC(C)(C)CC)COC(C)(C)CCOC(C)(C)CC. The largest absolute Gasteiger partial charge is 0.375 e. The molecule has 0 heterocycles. The second-order valence-corrected chi connectivity index (χ2v) is 20.5. The summed E-state index contributed by atoms with van der Waals surface area (Å²) in [5.41, 5.74) is -3.02. The third-order valence-electron chi connectivity index (χ3n) is 11.3. The first-order chi connectivity index (χ1) is 23.9. The molecule has 0 saturated heterocycles. The van der Waals surface area contributed by atoms with Gasteiger partial charge in [-0.3, -0.25) is 0 Å². The van der Waals surface area contributed by atoms with E-state index in [2.05, 4.69) is 138 Å². The first-order valence-corrected chi connectivity index (χ1v) is 21.0. The van der Waals surface area contributed by atoms with Crippen molar-refractivity contribution in [3.05, 3.63) is 0 Å². The molecule has 8 nitrogen and oxygen atoms in total. The second-order valence-electron chi connectivity index (χ2n) is 20.5. The number of hydrogen-bond donors (Lipinski definition) is 0. The molecule has 0 aromatic heterocycles. The van der Waals surface area contributed by atoms with E-state index in [0.29, 0.717) is 52.9 Å². The molecule has 0 atom stereocenters. The molecule has 0 amide bonds. The van der Waals surface area contributed by atoms with Crippen LogP contribution in [-0.4, -0.2) is 97.7 Å². The Kier molecular flexibility index (Phi) is 21.9. The Labute approximate surface area is 330 Å². The summed E-state index contributed by atoms with van der Waals surface area (Å²) in [6, 6.07) is 0. The summed E-state index contributed by atoms with van der Waals surface area (Å²) in [7, 11) is 0. The normalized spacial score (nSPS) is 14.7. The van der Waals surface area contributed by atoms with Crippen molar-refractivity contribution in [3.8, 4) is 0 Å². The minimum absolute atomic E-state index is 0.166. The molecule has 0 unspecified atom stereocenters. The first-order valence-electron chi connectivity index (χ1n) is 21.0. The van der Waals surface area contributed by atoms with Gasteiger partial charge in [0.05, 0.1) is 103 Å². The number of hydrogen-bond acceptors (Lipinski definition) is 8. The fourth-order valence-corrected chi connectivity index (χ4v) is 4.63. The van der Waals surface area contributed by atoms with Crippen LogP contribution in [0.2, 0.25) is 0 Å². The standard InChI is InChI=1S/C45H92O8/c1-21-37(5,6)46-29-25-41(13,14)50-33-45(34-51-42(15,16)26-30-47-38(7,8)22-2,35-52-43(17,18)27-31-48-39(9,10)23-3)36-53-44(19,20)28-32-49-40(11,12)24-4/h21-36H2,1-20H3.